The molecule has 2 aliphatic heterocycles. The van der Waals surface area contributed by atoms with Gasteiger partial charge in [-0.25, -0.2) is 5.01 Å². The minimum atomic E-state index is -0.206. The molecule has 0 amide bonds. The summed E-state index contributed by atoms with van der Waals surface area (Å²) in [6, 6.07) is 27.8. The summed E-state index contributed by atoms with van der Waals surface area (Å²) in [7, 11) is 0. The first-order chi connectivity index (χ1) is 13.7. The molecule has 3 aromatic carbocycles. The van der Waals surface area contributed by atoms with Crippen LogP contribution in [-0.2, 0) is 0 Å². The topological polar surface area (TPSA) is 24.8 Å². The second-order valence-corrected chi connectivity index (χ2v) is 7.84. The third-order valence-electron chi connectivity index (χ3n) is 5.69. The van der Waals surface area contributed by atoms with Crippen LogP contribution in [0.4, 0.5) is 0 Å². The summed E-state index contributed by atoms with van der Waals surface area (Å²) in [5, 5.41) is 7.17. The van der Waals surface area contributed by atoms with E-state index >= 15 is 0 Å². The van der Waals surface area contributed by atoms with E-state index in [0.717, 1.165) is 23.4 Å². The van der Waals surface area contributed by atoms with E-state index in [1.807, 2.05) is 12.1 Å². The van der Waals surface area contributed by atoms with Crippen molar-refractivity contribution in [3.8, 4) is 5.75 Å². The standard InChI is InChI=1S/C25H24N2O/c1-17(2)18-12-14-20(15-13-18)25-27-23(21-10-6-7-11-24(21)28-25)16-22(26-27)19-8-4-3-5-9-19/h3-15,17,23,25H,16H2,1-2H3/t23-,25+/m1/s1. The Hall–Kier alpha value is -3.07. The summed E-state index contributed by atoms with van der Waals surface area (Å²) >= 11 is 0. The van der Waals surface area contributed by atoms with Crippen molar-refractivity contribution >= 4 is 5.71 Å². The lowest BCUT2D eigenvalue weighted by molar-refractivity contribution is -0.0190. The van der Waals surface area contributed by atoms with Crippen LogP contribution in [0.25, 0.3) is 0 Å². The van der Waals surface area contributed by atoms with Crippen molar-refractivity contribution in [2.75, 3.05) is 0 Å². The maximum atomic E-state index is 6.44. The summed E-state index contributed by atoms with van der Waals surface area (Å²) < 4.78 is 6.44. The Balaban J connectivity index is 1.56. The Bertz CT molecular complexity index is 1010. The minimum Gasteiger partial charge on any atom is -0.464 e. The van der Waals surface area contributed by atoms with Gasteiger partial charge in [-0.05, 0) is 23.1 Å². The van der Waals surface area contributed by atoms with Crippen molar-refractivity contribution in [3.05, 3.63) is 101 Å². The van der Waals surface area contributed by atoms with Crippen LogP contribution in [0, 0.1) is 0 Å². The monoisotopic (exact) mass is 368 g/mol. The molecule has 0 N–H and O–H groups in total. The molecule has 5 rings (SSSR count). The van der Waals surface area contributed by atoms with Gasteiger partial charge in [-0.3, -0.25) is 0 Å². The zero-order chi connectivity index (χ0) is 19.1. The van der Waals surface area contributed by atoms with Crippen molar-refractivity contribution in [3.63, 3.8) is 0 Å². The normalized spacial score (nSPS) is 20.4. The summed E-state index contributed by atoms with van der Waals surface area (Å²) in [4.78, 5) is 0. The van der Waals surface area contributed by atoms with Gasteiger partial charge in [0.2, 0.25) is 6.23 Å². The number of hydrogen-bond donors (Lipinski definition) is 0. The molecule has 3 heteroatoms. The molecule has 2 atom stereocenters. The van der Waals surface area contributed by atoms with E-state index < -0.39 is 0 Å². The van der Waals surface area contributed by atoms with Crippen LogP contribution in [0.5, 0.6) is 5.75 Å². The Morgan fingerprint density at radius 3 is 2.36 bits per heavy atom. The second-order valence-electron chi connectivity index (χ2n) is 7.84. The molecule has 0 aromatic heterocycles. The van der Waals surface area contributed by atoms with E-state index in [-0.39, 0.29) is 12.3 Å². The molecule has 3 nitrogen and oxygen atoms in total. The second kappa shape index (κ2) is 6.83. The van der Waals surface area contributed by atoms with Crippen LogP contribution >= 0.6 is 0 Å². The van der Waals surface area contributed by atoms with E-state index in [2.05, 4.69) is 85.6 Å². The molecule has 2 heterocycles. The lowest BCUT2D eigenvalue weighted by Crippen LogP contribution is -2.33. The van der Waals surface area contributed by atoms with Crippen LogP contribution in [0.2, 0.25) is 0 Å². The van der Waals surface area contributed by atoms with E-state index in [1.54, 1.807) is 0 Å². The van der Waals surface area contributed by atoms with E-state index in [4.69, 9.17) is 9.84 Å². The van der Waals surface area contributed by atoms with Crippen LogP contribution in [0.3, 0.4) is 0 Å². The van der Waals surface area contributed by atoms with Crippen LogP contribution in [0.15, 0.2) is 84.0 Å². The number of rotatable bonds is 3. The third-order valence-corrected chi connectivity index (χ3v) is 5.69. The van der Waals surface area contributed by atoms with Gasteiger partial charge in [-0.15, -0.1) is 0 Å². The van der Waals surface area contributed by atoms with E-state index in [1.165, 1.54) is 16.7 Å². The summed E-state index contributed by atoms with van der Waals surface area (Å²) in [6.45, 7) is 4.44. The summed E-state index contributed by atoms with van der Waals surface area (Å²) in [5.74, 6) is 1.48. The average molecular weight is 368 g/mol. The number of para-hydroxylation sites is 1. The molecule has 0 bridgehead atoms. The molecule has 0 fully saturated rings. The van der Waals surface area contributed by atoms with Gasteiger partial charge in [0.05, 0.1) is 11.8 Å². The van der Waals surface area contributed by atoms with Gasteiger partial charge in [0.15, 0.2) is 0 Å². The van der Waals surface area contributed by atoms with E-state index in [0.29, 0.717) is 5.92 Å². The highest BCUT2D eigenvalue weighted by atomic mass is 16.5. The lowest BCUT2D eigenvalue weighted by Gasteiger charge is -2.38. The van der Waals surface area contributed by atoms with Crippen molar-refractivity contribution in [2.45, 2.75) is 38.5 Å². The van der Waals surface area contributed by atoms with Gasteiger partial charge >= 0.3 is 0 Å². The molecular formula is C25H24N2O. The SMILES string of the molecule is CC(C)c1ccc([C@@H]2Oc3ccccc3[C@H]3CC(c4ccccc4)=NN32)cc1. The fourth-order valence-corrected chi connectivity index (χ4v) is 4.10. The molecular weight excluding hydrogens is 344 g/mol. The first-order valence-electron chi connectivity index (χ1n) is 9.97. The maximum Gasteiger partial charge on any atom is 0.213 e. The highest BCUT2D eigenvalue weighted by Crippen LogP contribution is 2.47. The van der Waals surface area contributed by atoms with Crippen molar-refractivity contribution in [1.29, 1.82) is 0 Å². The van der Waals surface area contributed by atoms with Gasteiger partial charge in [0.1, 0.15) is 5.75 Å². The van der Waals surface area contributed by atoms with Gasteiger partial charge < -0.3 is 4.74 Å². The number of hydrazone groups is 1. The number of benzene rings is 3. The van der Waals surface area contributed by atoms with Crippen LogP contribution in [-0.4, -0.2) is 10.7 Å². The fraction of sp³-hybridized carbons (Fsp3) is 0.240. The Labute approximate surface area is 166 Å². The number of ether oxygens (including phenoxy) is 1. The third kappa shape index (κ3) is 2.88. The Morgan fingerprint density at radius 2 is 1.61 bits per heavy atom. The Morgan fingerprint density at radius 1 is 0.893 bits per heavy atom. The molecule has 2 aliphatic rings. The predicted molar refractivity (Wildman–Crippen MR) is 113 cm³/mol. The molecule has 0 aliphatic carbocycles. The Kier molecular flexibility index (Phi) is 4.16. The predicted octanol–water partition coefficient (Wildman–Crippen LogP) is 6.05. The molecule has 0 saturated heterocycles. The van der Waals surface area contributed by atoms with Gasteiger partial charge in [0.25, 0.3) is 0 Å². The number of hydrogen-bond acceptors (Lipinski definition) is 3. The smallest absolute Gasteiger partial charge is 0.213 e. The zero-order valence-corrected chi connectivity index (χ0v) is 16.2. The fourth-order valence-electron chi connectivity index (χ4n) is 4.10. The summed E-state index contributed by atoms with van der Waals surface area (Å²) in [5.41, 5.74) is 6.00. The molecule has 0 unspecified atom stereocenters. The summed E-state index contributed by atoms with van der Waals surface area (Å²) in [6.07, 6.45) is 0.688. The highest BCUT2D eigenvalue weighted by molar-refractivity contribution is 6.01. The first kappa shape index (κ1) is 17.1. The lowest BCUT2D eigenvalue weighted by atomic mass is 9.95. The number of nitrogens with zero attached hydrogens (tertiary/aromatic N) is 2. The largest absolute Gasteiger partial charge is 0.464 e. The van der Waals surface area contributed by atoms with E-state index in [9.17, 15) is 0 Å². The zero-order valence-electron chi connectivity index (χ0n) is 16.2. The van der Waals surface area contributed by atoms with Crippen molar-refractivity contribution in [2.24, 2.45) is 5.10 Å². The van der Waals surface area contributed by atoms with Crippen molar-refractivity contribution < 1.29 is 4.74 Å². The molecule has 3 aromatic rings. The van der Waals surface area contributed by atoms with Crippen LogP contribution < -0.4 is 4.74 Å². The maximum absolute atomic E-state index is 6.44. The van der Waals surface area contributed by atoms with Crippen molar-refractivity contribution in [1.82, 2.24) is 5.01 Å². The molecule has 28 heavy (non-hydrogen) atoms. The molecule has 0 spiro atoms. The van der Waals surface area contributed by atoms with Crippen LogP contribution in [0.1, 0.15) is 60.7 Å². The first-order valence-corrected chi connectivity index (χ1v) is 9.97. The minimum absolute atomic E-state index is 0.204. The molecule has 0 saturated carbocycles. The van der Waals surface area contributed by atoms with Gasteiger partial charge in [-0.1, -0.05) is 86.6 Å². The quantitative estimate of drug-likeness (QED) is 0.562. The highest BCUT2D eigenvalue weighted by Gasteiger charge is 2.40. The molecule has 0 radical (unpaired) electrons. The number of fused-ring (bicyclic) bond motifs is 3. The molecule has 140 valence electrons. The van der Waals surface area contributed by atoms with Gasteiger partial charge in [-0.2, -0.15) is 5.10 Å². The average Bonchev–Trinajstić information content (AvgIpc) is 3.20. The van der Waals surface area contributed by atoms with Gasteiger partial charge in [0, 0.05) is 17.5 Å².